The number of alkyl halides is 1. The molecule has 0 bridgehead atoms. The SMILES string of the molecule is O=c1[nH]c(=O)n([C@@H](CO)O[C@@H](CO)CCl)cc1F. The Balaban J connectivity index is 3.05. The monoisotopic (exact) mass is 282 g/mol. The van der Waals surface area contributed by atoms with Crippen molar-refractivity contribution in [1.82, 2.24) is 9.55 Å². The first-order valence-corrected chi connectivity index (χ1v) is 5.51. The standard InChI is InChI=1S/C9H12ClFN2O5/c10-1-5(3-14)18-7(4-15)13-2-6(11)8(16)12-9(13)17/h2,5,7,14-15H,1,3-4H2,(H,12,16,17)/t5-,7-/m1/s1. The first kappa shape index (κ1) is 14.8. The van der Waals surface area contributed by atoms with Crippen LogP contribution >= 0.6 is 11.6 Å². The van der Waals surface area contributed by atoms with Crippen LogP contribution in [-0.4, -0.2) is 45.0 Å². The molecule has 2 atom stereocenters. The maximum absolute atomic E-state index is 13.0. The van der Waals surface area contributed by atoms with E-state index in [1.54, 1.807) is 4.98 Å². The molecule has 9 heteroatoms. The summed E-state index contributed by atoms with van der Waals surface area (Å²) in [6.07, 6.45) is -1.46. The van der Waals surface area contributed by atoms with E-state index in [9.17, 15) is 14.0 Å². The lowest BCUT2D eigenvalue weighted by Crippen LogP contribution is -2.38. The molecule has 0 saturated heterocycles. The molecule has 0 aromatic carbocycles. The van der Waals surface area contributed by atoms with E-state index in [0.29, 0.717) is 10.8 Å². The maximum Gasteiger partial charge on any atom is 0.330 e. The highest BCUT2D eigenvalue weighted by molar-refractivity contribution is 6.18. The lowest BCUT2D eigenvalue weighted by Gasteiger charge is -2.22. The first-order valence-electron chi connectivity index (χ1n) is 4.97. The summed E-state index contributed by atoms with van der Waals surface area (Å²) < 4.78 is 18.8. The molecule has 102 valence electrons. The molecular weight excluding hydrogens is 271 g/mol. The first-order chi connectivity index (χ1) is 8.53. The molecule has 0 amide bonds. The number of ether oxygens (including phenoxy) is 1. The Hall–Kier alpha value is -1.22. The lowest BCUT2D eigenvalue weighted by molar-refractivity contribution is -0.0898. The third-order valence-corrected chi connectivity index (χ3v) is 2.46. The van der Waals surface area contributed by atoms with Crippen LogP contribution < -0.4 is 11.2 Å². The van der Waals surface area contributed by atoms with Gasteiger partial charge in [0.1, 0.15) is 0 Å². The van der Waals surface area contributed by atoms with Crippen LogP contribution in [0, 0.1) is 5.82 Å². The minimum Gasteiger partial charge on any atom is -0.394 e. The number of rotatable bonds is 6. The van der Waals surface area contributed by atoms with Crippen molar-refractivity contribution in [3.05, 3.63) is 32.9 Å². The molecule has 1 rings (SSSR count). The van der Waals surface area contributed by atoms with Crippen LogP contribution in [0.2, 0.25) is 0 Å². The molecule has 0 saturated carbocycles. The van der Waals surface area contributed by atoms with Gasteiger partial charge in [-0.1, -0.05) is 0 Å². The number of nitrogens with one attached hydrogen (secondary N) is 1. The van der Waals surface area contributed by atoms with E-state index in [2.05, 4.69) is 0 Å². The van der Waals surface area contributed by atoms with E-state index in [4.69, 9.17) is 26.6 Å². The minimum atomic E-state index is -1.25. The fourth-order valence-electron chi connectivity index (χ4n) is 1.22. The van der Waals surface area contributed by atoms with E-state index in [1.165, 1.54) is 0 Å². The predicted octanol–water partition coefficient (Wildman–Crippen LogP) is -1.22. The van der Waals surface area contributed by atoms with Crippen molar-refractivity contribution < 1.29 is 19.3 Å². The Labute approximate surface area is 105 Å². The highest BCUT2D eigenvalue weighted by Crippen LogP contribution is 2.09. The number of aliphatic hydroxyl groups is 2. The topological polar surface area (TPSA) is 105 Å². The number of aromatic nitrogens is 2. The Morgan fingerprint density at radius 1 is 1.44 bits per heavy atom. The van der Waals surface area contributed by atoms with Crippen LogP contribution in [-0.2, 0) is 4.74 Å². The second-order valence-corrected chi connectivity index (χ2v) is 3.68. The Kier molecular flexibility index (Phi) is 5.48. The molecule has 0 unspecified atom stereocenters. The van der Waals surface area contributed by atoms with Crippen LogP contribution in [0.4, 0.5) is 4.39 Å². The molecule has 18 heavy (non-hydrogen) atoms. The van der Waals surface area contributed by atoms with Crippen LogP contribution in [0.15, 0.2) is 15.8 Å². The molecule has 1 heterocycles. The summed E-state index contributed by atoms with van der Waals surface area (Å²) in [5.41, 5.74) is -2.10. The quantitative estimate of drug-likeness (QED) is 0.568. The number of hydrogen-bond acceptors (Lipinski definition) is 5. The van der Waals surface area contributed by atoms with Crippen LogP contribution in [0.1, 0.15) is 6.23 Å². The van der Waals surface area contributed by atoms with Gasteiger partial charge in [0, 0.05) is 0 Å². The van der Waals surface area contributed by atoms with Crippen molar-refractivity contribution in [1.29, 1.82) is 0 Å². The second kappa shape index (κ2) is 6.64. The third-order valence-electron chi connectivity index (χ3n) is 2.12. The summed E-state index contributed by atoms with van der Waals surface area (Å²) in [5, 5.41) is 18.0. The van der Waals surface area contributed by atoms with E-state index in [-0.39, 0.29) is 5.88 Å². The largest absolute Gasteiger partial charge is 0.394 e. The molecule has 0 aliphatic carbocycles. The maximum atomic E-state index is 13.0. The van der Waals surface area contributed by atoms with Crippen molar-refractivity contribution in [3.63, 3.8) is 0 Å². The van der Waals surface area contributed by atoms with Gasteiger partial charge >= 0.3 is 5.69 Å². The second-order valence-electron chi connectivity index (χ2n) is 3.38. The zero-order valence-corrected chi connectivity index (χ0v) is 9.93. The minimum absolute atomic E-state index is 0.0758. The van der Waals surface area contributed by atoms with Crippen molar-refractivity contribution >= 4 is 11.6 Å². The normalized spacial score (nSPS) is 14.4. The number of H-pyrrole nitrogens is 1. The zero-order chi connectivity index (χ0) is 13.7. The highest BCUT2D eigenvalue weighted by Gasteiger charge is 2.19. The molecular formula is C9H12ClFN2O5. The number of aromatic amines is 1. The van der Waals surface area contributed by atoms with E-state index >= 15 is 0 Å². The molecule has 0 spiro atoms. The Morgan fingerprint density at radius 3 is 2.61 bits per heavy atom. The average Bonchev–Trinajstić information content (AvgIpc) is 2.36. The number of hydrogen-bond donors (Lipinski definition) is 3. The van der Waals surface area contributed by atoms with Gasteiger partial charge in [0.05, 0.1) is 31.4 Å². The number of nitrogens with zero attached hydrogens (tertiary/aromatic N) is 1. The predicted molar refractivity (Wildman–Crippen MR) is 60.1 cm³/mol. The molecule has 0 aliphatic heterocycles. The van der Waals surface area contributed by atoms with Gasteiger partial charge in [0.15, 0.2) is 6.23 Å². The fraction of sp³-hybridized carbons (Fsp3) is 0.556. The molecule has 0 aliphatic rings. The smallest absolute Gasteiger partial charge is 0.330 e. The van der Waals surface area contributed by atoms with Gasteiger partial charge < -0.3 is 14.9 Å². The third kappa shape index (κ3) is 3.39. The van der Waals surface area contributed by atoms with Gasteiger partial charge in [-0.2, -0.15) is 4.39 Å². The van der Waals surface area contributed by atoms with Crippen molar-refractivity contribution in [2.24, 2.45) is 0 Å². The van der Waals surface area contributed by atoms with Crippen LogP contribution in [0.3, 0.4) is 0 Å². The fourth-order valence-corrected chi connectivity index (χ4v) is 1.39. The average molecular weight is 283 g/mol. The van der Waals surface area contributed by atoms with Crippen molar-refractivity contribution in [2.45, 2.75) is 12.3 Å². The number of halogens is 2. The van der Waals surface area contributed by atoms with Gasteiger partial charge in [-0.25, -0.2) is 4.79 Å². The molecule has 7 nitrogen and oxygen atoms in total. The van der Waals surface area contributed by atoms with E-state index < -0.39 is 42.6 Å². The summed E-state index contributed by atoms with van der Waals surface area (Å²) in [4.78, 5) is 24.0. The van der Waals surface area contributed by atoms with Gasteiger partial charge in [-0.15, -0.1) is 11.6 Å². The zero-order valence-electron chi connectivity index (χ0n) is 9.18. The summed E-state index contributed by atoms with van der Waals surface area (Å²) in [6, 6.07) is 0. The molecule has 0 radical (unpaired) electrons. The van der Waals surface area contributed by atoms with Crippen molar-refractivity contribution in [2.75, 3.05) is 19.1 Å². The Bertz CT molecular complexity index is 498. The van der Waals surface area contributed by atoms with Gasteiger partial charge in [0.25, 0.3) is 5.56 Å². The molecule has 1 aromatic heterocycles. The van der Waals surface area contributed by atoms with Gasteiger partial charge in [0.2, 0.25) is 5.82 Å². The summed E-state index contributed by atoms with van der Waals surface area (Å²) in [6.45, 7) is -1.08. The van der Waals surface area contributed by atoms with E-state index in [0.717, 1.165) is 0 Å². The van der Waals surface area contributed by atoms with Crippen molar-refractivity contribution in [3.8, 4) is 0 Å². The highest BCUT2D eigenvalue weighted by atomic mass is 35.5. The van der Waals surface area contributed by atoms with Crippen LogP contribution in [0.5, 0.6) is 0 Å². The molecule has 1 aromatic rings. The summed E-state index contributed by atoms with van der Waals surface area (Å²) in [7, 11) is 0. The Morgan fingerprint density at radius 2 is 2.11 bits per heavy atom. The van der Waals surface area contributed by atoms with Gasteiger partial charge in [-0.3, -0.25) is 14.3 Å². The van der Waals surface area contributed by atoms with E-state index in [1.807, 2.05) is 0 Å². The lowest BCUT2D eigenvalue weighted by atomic mass is 10.4. The molecule has 0 fully saturated rings. The summed E-state index contributed by atoms with van der Waals surface area (Å²) >= 11 is 5.47. The van der Waals surface area contributed by atoms with Gasteiger partial charge in [-0.05, 0) is 0 Å². The molecule has 3 N–H and O–H groups in total. The summed E-state index contributed by atoms with van der Waals surface area (Å²) in [5.74, 6) is -1.27. The number of aliphatic hydroxyl groups excluding tert-OH is 2. The van der Waals surface area contributed by atoms with Crippen LogP contribution in [0.25, 0.3) is 0 Å².